The van der Waals surface area contributed by atoms with Gasteiger partial charge in [0.1, 0.15) is 5.69 Å². The minimum atomic E-state index is -1.09. The van der Waals surface area contributed by atoms with Crippen LogP contribution in [-0.2, 0) is 11.2 Å². The first-order valence-electron chi connectivity index (χ1n) is 12.3. The Morgan fingerprint density at radius 3 is 2.36 bits per heavy atom. The molecule has 1 amide bonds. The van der Waals surface area contributed by atoms with Crippen LogP contribution in [0.25, 0.3) is 10.9 Å². The second-order valence-electron chi connectivity index (χ2n) is 8.69. The van der Waals surface area contributed by atoms with Gasteiger partial charge >= 0.3 is 5.97 Å². The molecule has 39 heavy (non-hydrogen) atoms. The first-order valence-corrected chi connectivity index (χ1v) is 12.3. The van der Waals surface area contributed by atoms with Crippen LogP contribution < -0.4 is 5.32 Å². The van der Waals surface area contributed by atoms with Crippen molar-refractivity contribution in [2.45, 2.75) is 6.42 Å². The van der Waals surface area contributed by atoms with Gasteiger partial charge in [-0.3, -0.25) is 19.8 Å². The Hall–Kier alpha value is -5.43. The van der Waals surface area contributed by atoms with E-state index >= 15 is 0 Å². The molecule has 0 atom stereocenters. The molecule has 0 aliphatic heterocycles. The lowest BCUT2D eigenvalue weighted by Gasteiger charge is -2.13. The maximum atomic E-state index is 12.9. The summed E-state index contributed by atoms with van der Waals surface area (Å²) in [5.41, 5.74) is 4.23. The van der Waals surface area contributed by atoms with Gasteiger partial charge < -0.3 is 10.4 Å². The number of pyridine rings is 2. The number of nitrogens with one attached hydrogen (secondary N) is 1. The van der Waals surface area contributed by atoms with Crippen molar-refractivity contribution in [1.82, 2.24) is 9.97 Å². The lowest BCUT2D eigenvalue weighted by molar-refractivity contribution is -0.132. The number of carboxylic acid groups (broad SMARTS) is 1. The van der Waals surface area contributed by atoms with Gasteiger partial charge in [-0.2, -0.15) is 0 Å². The molecule has 0 saturated carbocycles. The molecule has 190 valence electrons. The van der Waals surface area contributed by atoms with E-state index in [1.54, 1.807) is 30.5 Å². The highest BCUT2D eigenvalue weighted by Crippen LogP contribution is 2.22. The molecule has 0 unspecified atom stereocenters. The maximum absolute atomic E-state index is 12.9. The predicted octanol–water partition coefficient (Wildman–Crippen LogP) is 5.93. The van der Waals surface area contributed by atoms with Crippen LogP contribution in [0.15, 0.2) is 132 Å². The van der Waals surface area contributed by atoms with E-state index in [-0.39, 0.29) is 23.6 Å². The van der Waals surface area contributed by atoms with E-state index in [1.807, 2.05) is 84.9 Å². The predicted molar refractivity (Wildman–Crippen MR) is 152 cm³/mol. The van der Waals surface area contributed by atoms with E-state index in [1.165, 1.54) is 6.20 Å². The van der Waals surface area contributed by atoms with E-state index in [0.29, 0.717) is 22.7 Å². The van der Waals surface area contributed by atoms with Crippen molar-refractivity contribution in [3.05, 3.63) is 150 Å². The van der Waals surface area contributed by atoms with E-state index in [4.69, 9.17) is 0 Å². The molecule has 2 N–H and O–H groups in total. The topological polar surface area (TPSA) is 105 Å². The molecule has 3 aromatic carbocycles. The zero-order chi connectivity index (χ0) is 27.0. The molecule has 2 aromatic heterocycles. The normalized spacial score (nSPS) is 11.8. The zero-order valence-corrected chi connectivity index (χ0v) is 20.9. The molecule has 5 aromatic rings. The van der Waals surface area contributed by atoms with Gasteiger partial charge in [0.25, 0.3) is 5.91 Å². The standard InChI is InChI=1S/C32H24N4O3/c37-31(29-16-8-9-19-33-29)36-28-15-7-5-13-26(28)30(23-11-2-1-3-12-23)34-21-24(32(38)39)20-25-18-17-22-10-4-6-14-27(22)35-25/h1-19,21H,20H2,(H,36,37)(H,38,39)/b24-21-,34-30?. The number of aliphatic carboxylic acids is 1. The second-order valence-corrected chi connectivity index (χ2v) is 8.69. The summed E-state index contributed by atoms with van der Waals surface area (Å²) < 4.78 is 0. The number of rotatable bonds is 8. The number of amides is 1. The number of nitrogens with zero attached hydrogens (tertiary/aromatic N) is 3. The van der Waals surface area contributed by atoms with Crippen molar-refractivity contribution in [2.24, 2.45) is 4.99 Å². The van der Waals surface area contributed by atoms with Gasteiger partial charge in [0, 0.05) is 41.0 Å². The number of carbonyl (C=O) groups is 2. The van der Waals surface area contributed by atoms with Crippen LogP contribution in [0.4, 0.5) is 5.69 Å². The number of hydrogen-bond acceptors (Lipinski definition) is 5. The molecular weight excluding hydrogens is 488 g/mol. The molecule has 0 spiro atoms. The summed E-state index contributed by atoms with van der Waals surface area (Å²) in [6, 6.07) is 33.2. The molecule has 7 nitrogen and oxygen atoms in total. The van der Waals surface area contributed by atoms with Crippen LogP contribution in [0.1, 0.15) is 27.3 Å². The number of benzene rings is 3. The summed E-state index contributed by atoms with van der Waals surface area (Å²) in [5, 5.41) is 13.9. The van der Waals surface area contributed by atoms with E-state index in [2.05, 4.69) is 20.3 Å². The van der Waals surface area contributed by atoms with Crippen LogP contribution in [0.5, 0.6) is 0 Å². The number of aromatic nitrogens is 2. The van der Waals surface area contributed by atoms with Crippen LogP contribution in [0.2, 0.25) is 0 Å². The maximum Gasteiger partial charge on any atom is 0.333 e. The van der Waals surface area contributed by atoms with Crippen molar-refractivity contribution in [3.8, 4) is 0 Å². The van der Waals surface area contributed by atoms with Gasteiger partial charge in [-0.25, -0.2) is 4.79 Å². The van der Waals surface area contributed by atoms with Gasteiger partial charge in [0.15, 0.2) is 0 Å². The third-order valence-corrected chi connectivity index (χ3v) is 6.03. The van der Waals surface area contributed by atoms with Crippen LogP contribution in [-0.4, -0.2) is 32.7 Å². The van der Waals surface area contributed by atoms with E-state index in [9.17, 15) is 14.7 Å². The smallest absolute Gasteiger partial charge is 0.333 e. The SMILES string of the molecule is O=C(O)/C(=C\N=C(c1ccccc1)c1ccccc1NC(=O)c1ccccn1)Cc1ccc2ccccc2n1. The molecule has 0 aliphatic rings. The highest BCUT2D eigenvalue weighted by molar-refractivity contribution is 6.18. The quantitative estimate of drug-likeness (QED) is 0.198. The van der Waals surface area contributed by atoms with Crippen molar-refractivity contribution in [1.29, 1.82) is 0 Å². The van der Waals surface area contributed by atoms with Crippen molar-refractivity contribution < 1.29 is 14.7 Å². The monoisotopic (exact) mass is 512 g/mol. The molecular formula is C32H24N4O3. The molecule has 2 heterocycles. The summed E-state index contributed by atoms with van der Waals surface area (Å²) in [6.45, 7) is 0. The second kappa shape index (κ2) is 11.7. The zero-order valence-electron chi connectivity index (χ0n) is 20.9. The molecule has 0 saturated heterocycles. The number of aliphatic imine (C=N–C) groups is 1. The van der Waals surface area contributed by atoms with Gasteiger partial charge in [0.05, 0.1) is 22.5 Å². The number of para-hydroxylation sites is 2. The largest absolute Gasteiger partial charge is 0.478 e. The fraction of sp³-hybridized carbons (Fsp3) is 0.0312. The molecule has 0 aliphatic carbocycles. The lowest BCUT2D eigenvalue weighted by Crippen LogP contribution is -2.16. The van der Waals surface area contributed by atoms with Crippen molar-refractivity contribution >= 4 is 34.2 Å². The third kappa shape index (κ3) is 6.11. The Morgan fingerprint density at radius 2 is 1.56 bits per heavy atom. The fourth-order valence-corrected chi connectivity index (χ4v) is 4.10. The summed E-state index contributed by atoms with van der Waals surface area (Å²) in [6.07, 6.45) is 3.02. The molecule has 5 rings (SSSR count). The van der Waals surface area contributed by atoms with E-state index < -0.39 is 5.97 Å². The summed E-state index contributed by atoms with van der Waals surface area (Å²) in [7, 11) is 0. The Kier molecular flexibility index (Phi) is 7.60. The van der Waals surface area contributed by atoms with Gasteiger partial charge in [-0.05, 0) is 30.3 Å². The Balaban J connectivity index is 1.53. The first kappa shape index (κ1) is 25.2. The number of hydrogen-bond donors (Lipinski definition) is 2. The summed E-state index contributed by atoms with van der Waals surface area (Å²) in [4.78, 5) is 38.5. The van der Waals surface area contributed by atoms with Crippen LogP contribution >= 0.6 is 0 Å². The average molecular weight is 513 g/mol. The van der Waals surface area contributed by atoms with Crippen LogP contribution in [0, 0.1) is 0 Å². The van der Waals surface area contributed by atoms with Crippen molar-refractivity contribution in [3.63, 3.8) is 0 Å². The highest BCUT2D eigenvalue weighted by Gasteiger charge is 2.16. The minimum absolute atomic E-state index is 0.0845. The number of anilines is 1. The Bertz CT molecular complexity index is 1700. The first-order chi connectivity index (χ1) is 19.1. The number of carboxylic acids is 1. The van der Waals surface area contributed by atoms with Gasteiger partial charge in [0.2, 0.25) is 0 Å². The number of carbonyl (C=O) groups excluding carboxylic acids is 1. The Morgan fingerprint density at radius 1 is 0.821 bits per heavy atom. The fourth-order valence-electron chi connectivity index (χ4n) is 4.10. The van der Waals surface area contributed by atoms with Crippen LogP contribution in [0.3, 0.4) is 0 Å². The highest BCUT2D eigenvalue weighted by atomic mass is 16.4. The van der Waals surface area contributed by atoms with Gasteiger partial charge in [-0.1, -0.05) is 78.9 Å². The average Bonchev–Trinajstić information content (AvgIpc) is 2.98. The van der Waals surface area contributed by atoms with Crippen molar-refractivity contribution in [2.75, 3.05) is 5.32 Å². The molecule has 0 fully saturated rings. The molecule has 7 heteroatoms. The molecule has 0 bridgehead atoms. The summed E-state index contributed by atoms with van der Waals surface area (Å²) in [5.74, 6) is -1.45. The summed E-state index contributed by atoms with van der Waals surface area (Å²) >= 11 is 0. The Labute approximate surface area is 225 Å². The van der Waals surface area contributed by atoms with E-state index in [0.717, 1.165) is 16.5 Å². The molecule has 0 radical (unpaired) electrons. The lowest BCUT2D eigenvalue weighted by atomic mass is 10.00. The minimum Gasteiger partial charge on any atom is -0.478 e. The third-order valence-electron chi connectivity index (χ3n) is 6.03. The number of fused-ring (bicyclic) bond motifs is 1. The van der Waals surface area contributed by atoms with Gasteiger partial charge in [-0.15, -0.1) is 0 Å².